The summed E-state index contributed by atoms with van der Waals surface area (Å²) in [7, 11) is 0. The van der Waals surface area contributed by atoms with Crippen LogP contribution in [0.1, 0.15) is 0 Å². The van der Waals surface area contributed by atoms with E-state index in [1.165, 1.54) is 6.07 Å². The molecule has 0 saturated heterocycles. The van der Waals surface area contributed by atoms with Gasteiger partial charge in [-0.2, -0.15) is 0 Å². The summed E-state index contributed by atoms with van der Waals surface area (Å²) in [6.07, 6.45) is 0. The SMILES string of the molecule is Oc1cccc(OCOc2ccccc2)c1. The van der Waals surface area contributed by atoms with Gasteiger partial charge in [0.15, 0.2) is 0 Å². The first kappa shape index (κ1) is 10.4. The van der Waals surface area contributed by atoms with Crippen molar-refractivity contribution in [3.63, 3.8) is 0 Å². The molecular formula is C13H12O3. The number of benzene rings is 2. The molecule has 2 aromatic rings. The van der Waals surface area contributed by atoms with Gasteiger partial charge in [-0.3, -0.25) is 0 Å². The van der Waals surface area contributed by atoms with E-state index in [2.05, 4.69) is 0 Å². The van der Waals surface area contributed by atoms with Gasteiger partial charge in [-0.15, -0.1) is 0 Å². The summed E-state index contributed by atoms with van der Waals surface area (Å²) in [6.45, 7) is 0.119. The van der Waals surface area contributed by atoms with Crippen molar-refractivity contribution in [2.24, 2.45) is 0 Å². The van der Waals surface area contributed by atoms with E-state index in [1.54, 1.807) is 18.2 Å². The second-order valence-electron chi connectivity index (χ2n) is 3.22. The highest BCUT2D eigenvalue weighted by Crippen LogP contribution is 2.18. The highest BCUT2D eigenvalue weighted by Gasteiger charge is 1.95. The van der Waals surface area contributed by atoms with Crippen LogP contribution in [0.5, 0.6) is 17.2 Å². The van der Waals surface area contributed by atoms with Crippen LogP contribution in [-0.2, 0) is 0 Å². The van der Waals surface area contributed by atoms with Crippen LogP contribution < -0.4 is 9.47 Å². The summed E-state index contributed by atoms with van der Waals surface area (Å²) in [5, 5.41) is 9.21. The van der Waals surface area contributed by atoms with Crippen molar-refractivity contribution in [3.05, 3.63) is 54.6 Å². The fraction of sp³-hybridized carbons (Fsp3) is 0.0769. The number of aromatic hydroxyl groups is 1. The van der Waals surface area contributed by atoms with Crippen LogP contribution in [0, 0.1) is 0 Å². The standard InChI is InChI=1S/C13H12O3/c14-11-5-4-8-13(9-11)16-10-15-12-6-2-1-3-7-12/h1-9,14H,10H2. The van der Waals surface area contributed by atoms with Gasteiger partial charge in [-0.1, -0.05) is 24.3 Å². The van der Waals surface area contributed by atoms with Crippen molar-refractivity contribution >= 4 is 0 Å². The number of phenolic OH excluding ortho intramolecular Hbond substituents is 1. The Balaban J connectivity index is 1.85. The zero-order chi connectivity index (χ0) is 11.2. The Morgan fingerprint density at radius 2 is 1.50 bits per heavy atom. The van der Waals surface area contributed by atoms with Crippen molar-refractivity contribution in [1.29, 1.82) is 0 Å². The molecule has 0 spiro atoms. The van der Waals surface area contributed by atoms with Crippen molar-refractivity contribution in [2.45, 2.75) is 0 Å². The number of rotatable bonds is 4. The topological polar surface area (TPSA) is 38.7 Å². The highest BCUT2D eigenvalue weighted by molar-refractivity contribution is 5.31. The van der Waals surface area contributed by atoms with Gasteiger partial charge in [0, 0.05) is 6.07 Å². The summed E-state index contributed by atoms with van der Waals surface area (Å²) >= 11 is 0. The fourth-order valence-electron chi connectivity index (χ4n) is 1.26. The lowest BCUT2D eigenvalue weighted by molar-refractivity contribution is 0.119. The molecule has 0 aliphatic heterocycles. The lowest BCUT2D eigenvalue weighted by atomic mass is 10.3. The molecule has 1 N–H and O–H groups in total. The maximum Gasteiger partial charge on any atom is 0.230 e. The molecule has 0 amide bonds. The zero-order valence-electron chi connectivity index (χ0n) is 8.67. The first-order chi connectivity index (χ1) is 7.84. The number of hydrogen-bond donors (Lipinski definition) is 1. The maximum absolute atomic E-state index is 9.21. The molecular weight excluding hydrogens is 204 g/mol. The summed E-state index contributed by atoms with van der Waals surface area (Å²) in [5.74, 6) is 1.51. The number of ether oxygens (including phenoxy) is 2. The van der Waals surface area contributed by atoms with E-state index in [-0.39, 0.29) is 12.5 Å². The Kier molecular flexibility index (Phi) is 3.28. The van der Waals surface area contributed by atoms with Crippen molar-refractivity contribution < 1.29 is 14.6 Å². The Morgan fingerprint density at radius 1 is 0.812 bits per heavy atom. The Hall–Kier alpha value is -2.16. The predicted octanol–water partition coefficient (Wildman–Crippen LogP) is 2.81. The van der Waals surface area contributed by atoms with E-state index < -0.39 is 0 Å². The van der Waals surface area contributed by atoms with Gasteiger partial charge < -0.3 is 14.6 Å². The van der Waals surface area contributed by atoms with E-state index in [0.717, 1.165) is 5.75 Å². The smallest absolute Gasteiger partial charge is 0.230 e. The summed E-state index contributed by atoms with van der Waals surface area (Å²) in [6, 6.07) is 16.0. The quantitative estimate of drug-likeness (QED) is 0.799. The van der Waals surface area contributed by atoms with E-state index in [4.69, 9.17) is 9.47 Å². The van der Waals surface area contributed by atoms with Crippen LogP contribution in [0.4, 0.5) is 0 Å². The third-order valence-corrected chi connectivity index (χ3v) is 2.01. The third-order valence-electron chi connectivity index (χ3n) is 2.01. The lowest BCUT2D eigenvalue weighted by Crippen LogP contribution is -2.05. The minimum atomic E-state index is 0.119. The molecule has 3 heteroatoms. The molecule has 0 aromatic heterocycles. The van der Waals surface area contributed by atoms with Gasteiger partial charge in [-0.25, -0.2) is 0 Å². The third kappa shape index (κ3) is 2.92. The highest BCUT2D eigenvalue weighted by atomic mass is 16.7. The molecule has 0 radical (unpaired) electrons. The minimum absolute atomic E-state index is 0.119. The molecule has 0 bridgehead atoms. The maximum atomic E-state index is 9.21. The lowest BCUT2D eigenvalue weighted by Gasteiger charge is -2.08. The second-order valence-corrected chi connectivity index (χ2v) is 3.22. The van der Waals surface area contributed by atoms with Gasteiger partial charge in [0.05, 0.1) is 0 Å². The Bertz CT molecular complexity index is 440. The summed E-state index contributed by atoms with van der Waals surface area (Å²) in [4.78, 5) is 0. The van der Waals surface area contributed by atoms with Crippen LogP contribution >= 0.6 is 0 Å². The van der Waals surface area contributed by atoms with Gasteiger partial charge in [0.1, 0.15) is 17.2 Å². The molecule has 0 aliphatic carbocycles. The van der Waals surface area contributed by atoms with Crippen LogP contribution in [0.2, 0.25) is 0 Å². The molecule has 0 fully saturated rings. The van der Waals surface area contributed by atoms with Crippen LogP contribution in [0.15, 0.2) is 54.6 Å². The fourth-order valence-corrected chi connectivity index (χ4v) is 1.26. The monoisotopic (exact) mass is 216 g/mol. The molecule has 3 nitrogen and oxygen atoms in total. The second kappa shape index (κ2) is 5.07. The van der Waals surface area contributed by atoms with Crippen LogP contribution in [-0.4, -0.2) is 11.9 Å². The van der Waals surface area contributed by atoms with Crippen molar-refractivity contribution in [1.82, 2.24) is 0 Å². The molecule has 82 valence electrons. The van der Waals surface area contributed by atoms with Crippen LogP contribution in [0.25, 0.3) is 0 Å². The van der Waals surface area contributed by atoms with Gasteiger partial charge in [0.2, 0.25) is 6.79 Å². The van der Waals surface area contributed by atoms with E-state index in [9.17, 15) is 5.11 Å². The average molecular weight is 216 g/mol. The molecule has 2 aromatic carbocycles. The van der Waals surface area contributed by atoms with Crippen LogP contribution in [0.3, 0.4) is 0 Å². The van der Waals surface area contributed by atoms with E-state index in [0.29, 0.717) is 5.75 Å². The van der Waals surface area contributed by atoms with E-state index >= 15 is 0 Å². The van der Waals surface area contributed by atoms with E-state index in [1.807, 2.05) is 30.3 Å². The summed E-state index contributed by atoms with van der Waals surface area (Å²) in [5.41, 5.74) is 0. The minimum Gasteiger partial charge on any atom is -0.508 e. The largest absolute Gasteiger partial charge is 0.508 e. The number of para-hydroxylation sites is 1. The molecule has 0 heterocycles. The summed E-state index contributed by atoms with van der Waals surface area (Å²) < 4.78 is 10.7. The molecule has 2 rings (SSSR count). The van der Waals surface area contributed by atoms with Crippen molar-refractivity contribution in [2.75, 3.05) is 6.79 Å². The predicted molar refractivity (Wildman–Crippen MR) is 60.7 cm³/mol. The first-order valence-electron chi connectivity index (χ1n) is 4.94. The average Bonchev–Trinajstić information content (AvgIpc) is 2.30. The molecule has 0 saturated carbocycles. The number of hydrogen-bond acceptors (Lipinski definition) is 3. The Labute approximate surface area is 93.9 Å². The Morgan fingerprint density at radius 3 is 2.25 bits per heavy atom. The number of phenols is 1. The van der Waals surface area contributed by atoms with Gasteiger partial charge >= 0.3 is 0 Å². The zero-order valence-corrected chi connectivity index (χ0v) is 8.67. The normalized spacial score (nSPS) is 9.75. The molecule has 0 unspecified atom stereocenters. The molecule has 0 aliphatic rings. The molecule has 16 heavy (non-hydrogen) atoms. The van der Waals surface area contributed by atoms with Gasteiger partial charge in [-0.05, 0) is 24.3 Å². The van der Waals surface area contributed by atoms with Crippen molar-refractivity contribution in [3.8, 4) is 17.2 Å². The molecule has 0 atom stereocenters. The van der Waals surface area contributed by atoms with Gasteiger partial charge in [0.25, 0.3) is 0 Å². The first-order valence-corrected chi connectivity index (χ1v) is 4.94.